The first-order valence-electron chi connectivity index (χ1n) is 54.3. The first kappa shape index (κ1) is 144. The van der Waals surface area contributed by atoms with Gasteiger partial charge in [-0.25, -0.2) is 24.9 Å². The van der Waals surface area contributed by atoms with Crippen molar-refractivity contribution in [1.29, 1.82) is 0 Å². The molecule has 0 radical (unpaired) electrons. The number of imidazole rings is 3. The Morgan fingerprint density at radius 2 is 0.826 bits per heavy atom. The van der Waals surface area contributed by atoms with Crippen LogP contribution >= 0.6 is 22.7 Å². The number of nitrogens with zero attached hydrogens (tertiary/aromatic N) is 24. The average Bonchev–Trinajstić information content (AvgIpc) is 1.69. The molecule has 0 amide bonds. The summed E-state index contributed by atoms with van der Waals surface area (Å²) in [7, 11) is 4.10. The zero-order valence-electron chi connectivity index (χ0n) is 103. The lowest BCUT2D eigenvalue weighted by Crippen LogP contribution is -2.12. The van der Waals surface area contributed by atoms with Crippen molar-refractivity contribution in [3.05, 3.63) is 182 Å². The van der Waals surface area contributed by atoms with E-state index in [1.165, 1.54) is 55.6 Å². The molecule has 28 heteroatoms. The van der Waals surface area contributed by atoms with Crippen molar-refractivity contribution in [2.45, 2.75) is 527 Å². The van der Waals surface area contributed by atoms with Gasteiger partial charge in [-0.3, -0.25) is 14.0 Å². The van der Waals surface area contributed by atoms with Gasteiger partial charge in [0.1, 0.15) is 29.3 Å². The Morgan fingerprint density at radius 1 is 0.389 bits per heavy atom. The molecule has 0 spiro atoms. The van der Waals surface area contributed by atoms with Crippen LogP contribution in [0.3, 0.4) is 0 Å². The van der Waals surface area contributed by atoms with Crippen molar-refractivity contribution in [3.8, 4) is 0 Å². The molecule has 1 aliphatic heterocycles. The molecule has 144 heavy (non-hydrogen) atoms. The van der Waals surface area contributed by atoms with E-state index in [4.69, 9.17) is 8.94 Å². The first-order valence-corrected chi connectivity index (χ1v) is 56.0. The van der Waals surface area contributed by atoms with Crippen LogP contribution in [0.4, 0.5) is 0 Å². The van der Waals surface area contributed by atoms with E-state index in [9.17, 15) is 0 Å². The molecule has 0 bridgehead atoms. The van der Waals surface area contributed by atoms with E-state index in [0.717, 1.165) is 58.7 Å². The number of aromatic nitrogens is 22. The van der Waals surface area contributed by atoms with E-state index in [1.807, 2.05) is 130 Å². The summed E-state index contributed by atoms with van der Waals surface area (Å²) in [5.41, 5.74) is 8.76. The Hall–Kier alpha value is -8.79. The SMILES string of the molecule is CC.CC.CC(C)C.CC(C)C.CC(C)C.CC(C)C1C=C[N+](C(C)C)=N1.CC(C)c1ccn(C(C)C)n1.CC(C)c1cn(C)c(C(C)C)n1.CC(C)c1csc(C(C)C)n1.CC(C)c1csc(C(C)C)n1.CC(C)c1nnc(C(C)C)n1C.CC(C)c1nnc(C(C)C)o1.CC(C)c1noc(C(C)C)n1.CC(C)n1ccnc1.CC(C)n1ccnn1.Cc1nccn1C(C)C.Cc1nn(C(C)C)c(C)c1C(C)C. The van der Waals surface area contributed by atoms with E-state index >= 15 is 0 Å². The van der Waals surface area contributed by atoms with Gasteiger partial charge in [-0.15, -0.1) is 48.2 Å². The number of aryl methyl sites for hydroxylation is 3. The highest BCUT2D eigenvalue weighted by atomic mass is 32.1. The van der Waals surface area contributed by atoms with E-state index in [2.05, 4.69) is 472 Å². The van der Waals surface area contributed by atoms with Gasteiger partial charge in [-0.2, -0.15) is 15.2 Å². The maximum Gasteiger partial charge on any atom is 0.229 e. The minimum atomic E-state index is 0.329. The van der Waals surface area contributed by atoms with E-state index in [1.54, 1.807) is 39.7 Å². The van der Waals surface area contributed by atoms with Crippen molar-refractivity contribution < 1.29 is 13.6 Å². The molecule has 0 aliphatic carbocycles. The zero-order valence-corrected chi connectivity index (χ0v) is 105. The molecule has 0 aromatic carbocycles. The highest BCUT2D eigenvalue weighted by molar-refractivity contribution is 7.10. The third-order valence-electron chi connectivity index (χ3n) is 19.8. The Kier molecular flexibility index (Phi) is 77.4. The summed E-state index contributed by atoms with van der Waals surface area (Å²) in [4.78, 5) is 25.9. The van der Waals surface area contributed by atoms with Crippen LogP contribution in [0, 0.1) is 44.4 Å². The summed E-state index contributed by atoms with van der Waals surface area (Å²) in [6.45, 7) is 124. The number of thiazole rings is 2. The van der Waals surface area contributed by atoms with Crippen molar-refractivity contribution in [3.63, 3.8) is 0 Å². The third kappa shape index (κ3) is 61.7. The van der Waals surface area contributed by atoms with Crippen LogP contribution in [-0.2, 0) is 14.1 Å². The minimum absolute atomic E-state index is 0.329. The second-order valence-electron chi connectivity index (χ2n) is 44.3. The fraction of sp³-hybridized carbons (Fsp3) is 0.733. The van der Waals surface area contributed by atoms with Crippen molar-refractivity contribution >= 4 is 22.7 Å². The Morgan fingerprint density at radius 3 is 1.02 bits per heavy atom. The fourth-order valence-corrected chi connectivity index (χ4v) is 13.8. The van der Waals surface area contributed by atoms with E-state index in [-0.39, 0.29) is 0 Å². The van der Waals surface area contributed by atoms with Crippen molar-refractivity contribution in [2.24, 2.45) is 42.9 Å². The van der Waals surface area contributed by atoms with Gasteiger partial charge < -0.3 is 27.2 Å². The molecule has 0 saturated carbocycles. The van der Waals surface area contributed by atoms with Crippen LogP contribution in [-0.4, -0.2) is 125 Å². The quantitative estimate of drug-likeness (QED) is 0.0605. The third-order valence-corrected chi connectivity index (χ3v) is 22.1. The predicted octanol–water partition coefficient (Wildman–Crippen LogP) is 35.5. The number of hydrogen-bond donors (Lipinski definition) is 0. The average molecular weight is 2050 g/mol. The van der Waals surface area contributed by atoms with Gasteiger partial charge >= 0.3 is 0 Å². The minimum Gasteiger partial charge on any atom is -0.425 e. The molecule has 11 aromatic heterocycles. The lowest BCUT2D eigenvalue weighted by Gasteiger charge is -2.09. The maximum atomic E-state index is 5.38. The fourth-order valence-electron chi connectivity index (χ4n) is 11.8. The van der Waals surface area contributed by atoms with Crippen molar-refractivity contribution in [1.82, 2.24) is 108 Å². The molecule has 826 valence electrons. The molecule has 0 fully saturated rings. The predicted molar refractivity (Wildman–Crippen MR) is 619 cm³/mol. The monoisotopic (exact) mass is 2040 g/mol. The van der Waals surface area contributed by atoms with Gasteiger partial charge in [-0.1, -0.05) is 313 Å². The Bertz CT molecular complexity index is 4400. The molecule has 1 aliphatic rings. The van der Waals surface area contributed by atoms with Crippen LogP contribution < -0.4 is 0 Å². The standard InChI is InChI=1S/C11H20N2.C10H18N2.C9H17N3.C9H17N2.C9H16N2.2C9H15NS.2C8H14N2O.C7H12N2.C6H10N2.C5H9N3.3C4H10.2C2H6/c1-7(2)11-9(5)12-13(8(3)4)10(11)6;1-7(2)9-6-12(5)10(11-9)8(3)4;1-6(2)8-10-11-9(7(3)4)12(8)5;2*1-7(2)9-5-6-11(10-9)8(3)4;2*1-6(2)8-5-11-9(10-8)7(3)4;1-5(2)7-9-10-8(11-7)6(3)4;1-5(2)7-9-8(6(3)4)11-10-7;1-6(2)9-5-4-8-7(9)3;1-6(2)8-4-3-7-5-8;1-5(2)8-4-3-6-7-8;3*1-4(2)3;2*1-2/h7-8H,1-6H3;6-8H,1-5H3;6-7H,1-5H3;5-9H,1-4H3;5-8H,1-4H3;2*5-7H,1-4H3;2*5-6H,1-4H3;4-6H,1-3H3;3-6H,1-2H3;3-5H,1-2H3;3*4H,1-3H3;2*1-2H3/q;;;+1;;;;;;;;;;;;;. The van der Waals surface area contributed by atoms with E-state index < -0.39 is 0 Å². The van der Waals surface area contributed by atoms with Crippen molar-refractivity contribution in [2.75, 3.05) is 0 Å². The molecule has 12 heterocycles. The first-order chi connectivity index (χ1) is 66.7. The highest BCUT2D eigenvalue weighted by Gasteiger charge is 2.24. The van der Waals surface area contributed by atoms with Gasteiger partial charge in [0.05, 0.1) is 51.0 Å². The lowest BCUT2D eigenvalue weighted by atomic mass is 10.0. The van der Waals surface area contributed by atoms with Crippen LogP contribution in [0.2, 0.25) is 0 Å². The maximum absolute atomic E-state index is 5.38. The molecule has 26 nitrogen and oxygen atoms in total. The van der Waals surface area contributed by atoms with Crippen LogP contribution in [0.25, 0.3) is 0 Å². The topological polar surface area (TPSA) is 270 Å². The molecule has 1 atom stereocenters. The normalized spacial score (nSPS) is 11.8. The van der Waals surface area contributed by atoms with Gasteiger partial charge in [-0.05, 0) is 174 Å². The van der Waals surface area contributed by atoms with Gasteiger partial charge in [0, 0.05) is 163 Å². The molecule has 0 saturated heterocycles. The Balaban J connectivity index is -0.000000482. The summed E-state index contributed by atoms with van der Waals surface area (Å²) in [5.74, 6) is 17.2. The molecule has 12 rings (SSSR count). The molecular weight excluding hydrogens is 1830 g/mol. The summed E-state index contributed by atoms with van der Waals surface area (Å²) in [6, 6.07) is 5.42. The number of rotatable bonds is 21. The smallest absolute Gasteiger partial charge is 0.229 e. The summed E-state index contributed by atoms with van der Waals surface area (Å²) in [5, 5.41) is 47.8. The van der Waals surface area contributed by atoms with Gasteiger partial charge in [0.25, 0.3) is 0 Å². The molecule has 11 aromatic rings. The van der Waals surface area contributed by atoms with Crippen LogP contribution in [0.1, 0.15) is 590 Å². The van der Waals surface area contributed by atoms with Gasteiger partial charge in [0.2, 0.25) is 17.7 Å². The second kappa shape index (κ2) is 77.6. The zero-order chi connectivity index (χ0) is 113. The summed E-state index contributed by atoms with van der Waals surface area (Å²) >= 11 is 3.55. The number of azo groups is 2. The van der Waals surface area contributed by atoms with Crippen LogP contribution in [0.15, 0.2) is 99.1 Å². The number of hydrogen-bond acceptors (Lipinski definition) is 20. The van der Waals surface area contributed by atoms with E-state index in [0.29, 0.717) is 131 Å². The largest absolute Gasteiger partial charge is 0.425 e. The lowest BCUT2D eigenvalue weighted by molar-refractivity contribution is -0.556. The Labute approximate surface area is 890 Å². The molecular formula is C116H219N24O2S2+. The van der Waals surface area contributed by atoms with Crippen LogP contribution in [0.5, 0.6) is 0 Å². The summed E-state index contributed by atoms with van der Waals surface area (Å²) in [6.07, 6.45) is 21.4. The van der Waals surface area contributed by atoms with Gasteiger partial charge in [0.15, 0.2) is 18.1 Å². The summed E-state index contributed by atoms with van der Waals surface area (Å²) < 4.78 is 26.8. The molecule has 1 unspecified atom stereocenters. The highest BCUT2D eigenvalue weighted by Crippen LogP contribution is 2.29. The second-order valence-corrected chi connectivity index (χ2v) is 46.1. The molecule has 0 N–H and O–H groups in total.